The molecule has 1 N–H and O–H groups in total. The van der Waals surface area contributed by atoms with E-state index in [0.29, 0.717) is 5.88 Å². The highest BCUT2D eigenvalue weighted by atomic mass is 16.5. The van der Waals surface area contributed by atoms with Crippen LogP contribution in [0.5, 0.6) is 5.88 Å². The molecule has 2 aromatic carbocycles. The summed E-state index contributed by atoms with van der Waals surface area (Å²) in [5.41, 5.74) is 5.16. The molecule has 4 heteroatoms. The number of hydrogen-bond acceptors (Lipinski definition) is 4. The molecule has 0 unspecified atom stereocenters. The molecule has 0 bridgehead atoms. The van der Waals surface area contributed by atoms with Gasteiger partial charge in [0.2, 0.25) is 5.88 Å². The van der Waals surface area contributed by atoms with E-state index in [4.69, 9.17) is 9.15 Å². The number of ether oxygens (including phenoxy) is 1. The number of anilines is 2. The highest BCUT2D eigenvalue weighted by Crippen LogP contribution is 2.30. The van der Waals surface area contributed by atoms with Crippen molar-refractivity contribution in [2.45, 2.75) is 0 Å². The summed E-state index contributed by atoms with van der Waals surface area (Å²) in [6.45, 7) is 0. The smallest absolute Gasteiger partial charge is 0.214 e. The average molecular weight is 316 g/mol. The molecule has 118 valence electrons. The van der Waals surface area contributed by atoms with Gasteiger partial charge in [0, 0.05) is 29.0 Å². The SMILES string of the molecule is COc1cc(Nc2ccc(-c3cccc4occc34)cc2)ccn1. The molecule has 0 aliphatic carbocycles. The molecule has 0 saturated carbocycles. The highest BCUT2D eigenvalue weighted by Gasteiger charge is 2.06. The number of hydrogen-bond donors (Lipinski definition) is 1. The molecule has 0 fully saturated rings. The summed E-state index contributed by atoms with van der Waals surface area (Å²) >= 11 is 0. The summed E-state index contributed by atoms with van der Waals surface area (Å²) in [6, 6.07) is 20.2. The first-order chi connectivity index (χ1) is 11.8. The molecule has 0 saturated heterocycles. The standard InChI is InChI=1S/C20H16N2O2/c1-23-20-13-16(9-11-21-20)22-15-7-5-14(6-8-15)17-3-2-4-19-18(17)10-12-24-19/h2-13H,1H3,(H,21,22). The van der Waals surface area contributed by atoms with E-state index in [1.165, 1.54) is 5.56 Å². The second kappa shape index (κ2) is 6.08. The molecule has 0 amide bonds. The van der Waals surface area contributed by atoms with Crippen molar-refractivity contribution < 1.29 is 9.15 Å². The third kappa shape index (κ3) is 2.70. The Labute approximate surface area is 139 Å². The largest absolute Gasteiger partial charge is 0.481 e. The van der Waals surface area contributed by atoms with E-state index in [2.05, 4.69) is 40.6 Å². The molecule has 0 spiro atoms. The van der Waals surface area contributed by atoms with Gasteiger partial charge in [0.1, 0.15) is 5.58 Å². The number of pyridine rings is 1. The van der Waals surface area contributed by atoms with Crippen LogP contribution in [0.4, 0.5) is 11.4 Å². The van der Waals surface area contributed by atoms with E-state index in [0.717, 1.165) is 27.9 Å². The number of aromatic nitrogens is 1. The van der Waals surface area contributed by atoms with Gasteiger partial charge in [0.05, 0.1) is 13.4 Å². The van der Waals surface area contributed by atoms with Crippen LogP contribution in [0.15, 0.2) is 77.5 Å². The Morgan fingerprint density at radius 3 is 2.67 bits per heavy atom. The number of nitrogens with one attached hydrogen (secondary N) is 1. The van der Waals surface area contributed by atoms with Crippen LogP contribution < -0.4 is 10.1 Å². The first-order valence-electron chi connectivity index (χ1n) is 7.67. The zero-order valence-corrected chi connectivity index (χ0v) is 13.2. The Kier molecular flexibility index (Phi) is 3.63. The second-order valence-electron chi connectivity index (χ2n) is 5.43. The van der Waals surface area contributed by atoms with Gasteiger partial charge < -0.3 is 14.5 Å². The third-order valence-corrected chi connectivity index (χ3v) is 3.92. The fourth-order valence-electron chi connectivity index (χ4n) is 2.74. The predicted molar refractivity (Wildman–Crippen MR) is 95.7 cm³/mol. The minimum atomic E-state index is 0.586. The van der Waals surface area contributed by atoms with Gasteiger partial charge in [-0.15, -0.1) is 0 Å². The first kappa shape index (κ1) is 14.3. The molecule has 4 rings (SSSR count). The van der Waals surface area contributed by atoms with Crippen molar-refractivity contribution in [1.29, 1.82) is 0 Å². The van der Waals surface area contributed by atoms with Gasteiger partial charge >= 0.3 is 0 Å². The molecule has 4 aromatic rings. The first-order valence-corrected chi connectivity index (χ1v) is 7.67. The lowest BCUT2D eigenvalue weighted by Gasteiger charge is -2.09. The summed E-state index contributed by atoms with van der Waals surface area (Å²) in [5, 5.41) is 4.47. The van der Waals surface area contributed by atoms with Crippen molar-refractivity contribution in [3.63, 3.8) is 0 Å². The van der Waals surface area contributed by atoms with E-state index in [-0.39, 0.29) is 0 Å². The normalized spacial score (nSPS) is 10.7. The lowest BCUT2D eigenvalue weighted by molar-refractivity contribution is 0.398. The molecule has 4 nitrogen and oxygen atoms in total. The van der Waals surface area contributed by atoms with Crippen LogP contribution in [-0.4, -0.2) is 12.1 Å². The fourth-order valence-corrected chi connectivity index (χ4v) is 2.74. The van der Waals surface area contributed by atoms with Crippen LogP contribution in [0.25, 0.3) is 22.1 Å². The van der Waals surface area contributed by atoms with E-state index in [1.807, 2.05) is 30.3 Å². The number of fused-ring (bicyclic) bond motifs is 1. The summed E-state index contributed by atoms with van der Waals surface area (Å²) in [7, 11) is 1.61. The van der Waals surface area contributed by atoms with E-state index >= 15 is 0 Å². The third-order valence-electron chi connectivity index (χ3n) is 3.92. The summed E-state index contributed by atoms with van der Waals surface area (Å²) < 4.78 is 10.6. The van der Waals surface area contributed by atoms with Gasteiger partial charge in [0.25, 0.3) is 0 Å². The summed E-state index contributed by atoms with van der Waals surface area (Å²) in [6.07, 6.45) is 3.44. The van der Waals surface area contributed by atoms with Gasteiger partial charge in [0.15, 0.2) is 0 Å². The van der Waals surface area contributed by atoms with Crippen molar-refractivity contribution in [1.82, 2.24) is 4.98 Å². The van der Waals surface area contributed by atoms with E-state index in [1.54, 1.807) is 19.6 Å². The van der Waals surface area contributed by atoms with Gasteiger partial charge in [-0.1, -0.05) is 24.3 Å². The van der Waals surface area contributed by atoms with Crippen LogP contribution in [0.2, 0.25) is 0 Å². The Morgan fingerprint density at radius 2 is 1.83 bits per heavy atom. The lowest BCUT2D eigenvalue weighted by atomic mass is 10.0. The molecule has 0 radical (unpaired) electrons. The molecule has 0 aliphatic heterocycles. The quantitative estimate of drug-likeness (QED) is 0.559. The highest BCUT2D eigenvalue weighted by molar-refractivity contribution is 5.94. The van der Waals surface area contributed by atoms with Crippen molar-refractivity contribution in [3.8, 4) is 17.0 Å². The van der Waals surface area contributed by atoms with Crippen LogP contribution in [-0.2, 0) is 0 Å². The molecular formula is C20H16N2O2. The Morgan fingerprint density at radius 1 is 0.958 bits per heavy atom. The van der Waals surface area contributed by atoms with Gasteiger partial charge in [-0.25, -0.2) is 4.98 Å². The average Bonchev–Trinajstić information content (AvgIpc) is 3.11. The van der Waals surface area contributed by atoms with Crippen LogP contribution in [0.1, 0.15) is 0 Å². The number of nitrogens with zero attached hydrogens (tertiary/aromatic N) is 1. The number of rotatable bonds is 4. The van der Waals surface area contributed by atoms with Crippen LogP contribution in [0, 0.1) is 0 Å². The zero-order valence-electron chi connectivity index (χ0n) is 13.2. The number of methoxy groups -OCH3 is 1. The molecule has 2 aromatic heterocycles. The monoisotopic (exact) mass is 316 g/mol. The van der Waals surface area contributed by atoms with Crippen molar-refractivity contribution >= 4 is 22.3 Å². The lowest BCUT2D eigenvalue weighted by Crippen LogP contribution is -1.93. The van der Waals surface area contributed by atoms with Crippen LogP contribution in [0.3, 0.4) is 0 Å². The number of furan rings is 1. The Hall–Kier alpha value is -3.27. The topological polar surface area (TPSA) is 47.3 Å². The van der Waals surface area contributed by atoms with Crippen molar-refractivity contribution in [2.75, 3.05) is 12.4 Å². The van der Waals surface area contributed by atoms with Gasteiger partial charge in [-0.05, 0) is 41.5 Å². The molecule has 0 aliphatic rings. The predicted octanol–water partition coefficient (Wildman–Crippen LogP) is 5.25. The fraction of sp³-hybridized carbons (Fsp3) is 0.0500. The molecule has 0 atom stereocenters. The molecule has 2 heterocycles. The maximum atomic E-state index is 5.47. The second-order valence-corrected chi connectivity index (χ2v) is 5.43. The van der Waals surface area contributed by atoms with Crippen molar-refractivity contribution in [3.05, 3.63) is 73.1 Å². The maximum Gasteiger partial charge on any atom is 0.214 e. The minimum Gasteiger partial charge on any atom is -0.481 e. The van der Waals surface area contributed by atoms with Gasteiger partial charge in [-0.3, -0.25) is 0 Å². The Bertz CT molecular complexity index is 974. The minimum absolute atomic E-state index is 0.586. The number of benzene rings is 2. The maximum absolute atomic E-state index is 5.47. The van der Waals surface area contributed by atoms with E-state index in [9.17, 15) is 0 Å². The van der Waals surface area contributed by atoms with Crippen LogP contribution >= 0.6 is 0 Å². The zero-order chi connectivity index (χ0) is 16.4. The van der Waals surface area contributed by atoms with Gasteiger partial charge in [-0.2, -0.15) is 0 Å². The van der Waals surface area contributed by atoms with E-state index < -0.39 is 0 Å². The summed E-state index contributed by atoms with van der Waals surface area (Å²) in [5.74, 6) is 0.586. The Balaban J connectivity index is 1.62. The molecular weight excluding hydrogens is 300 g/mol. The molecule has 24 heavy (non-hydrogen) atoms. The summed E-state index contributed by atoms with van der Waals surface area (Å²) in [4.78, 5) is 4.11. The van der Waals surface area contributed by atoms with Crippen molar-refractivity contribution in [2.24, 2.45) is 0 Å².